The van der Waals surface area contributed by atoms with Gasteiger partial charge in [0.1, 0.15) is 12.1 Å². The largest absolute Gasteiger partial charge is 0.497 e. The number of carbonyl (C=O) groups excluding carboxylic acids is 1. The Hall–Kier alpha value is -2.41. The number of ether oxygens (including phenoxy) is 2. The zero-order valence-corrected chi connectivity index (χ0v) is 12.7. The average molecular weight is 302 g/mol. The van der Waals surface area contributed by atoms with Crippen molar-refractivity contribution in [1.29, 1.82) is 0 Å². The minimum atomic E-state index is -0.521. The number of fused-ring (bicyclic) bond motifs is 1. The summed E-state index contributed by atoms with van der Waals surface area (Å²) < 4.78 is 11.5. The molecule has 22 heavy (non-hydrogen) atoms. The quantitative estimate of drug-likeness (QED) is 0.788. The molecule has 1 aliphatic heterocycles. The molecule has 0 N–H and O–H groups in total. The van der Waals surface area contributed by atoms with Crippen molar-refractivity contribution in [2.24, 2.45) is 0 Å². The van der Waals surface area contributed by atoms with Crippen LogP contribution in [0.25, 0.3) is 0 Å². The Morgan fingerprint density at radius 3 is 2.95 bits per heavy atom. The second-order valence-corrected chi connectivity index (χ2v) is 5.18. The van der Waals surface area contributed by atoms with E-state index in [1.54, 1.807) is 18.1 Å². The van der Waals surface area contributed by atoms with E-state index >= 15 is 0 Å². The molecule has 7 nitrogen and oxygen atoms in total. The Kier molecular flexibility index (Phi) is 4.06. The van der Waals surface area contributed by atoms with Crippen molar-refractivity contribution in [1.82, 2.24) is 19.7 Å². The van der Waals surface area contributed by atoms with Crippen LogP contribution in [0.4, 0.5) is 0 Å². The maximum Gasteiger partial charge on any atom is 0.377 e. The predicted octanol–water partition coefficient (Wildman–Crippen LogP) is 1.09. The van der Waals surface area contributed by atoms with E-state index in [0.29, 0.717) is 6.67 Å². The molecular formula is C15H18N4O3. The van der Waals surface area contributed by atoms with Gasteiger partial charge >= 0.3 is 5.97 Å². The van der Waals surface area contributed by atoms with Crippen LogP contribution in [0.1, 0.15) is 21.7 Å². The van der Waals surface area contributed by atoms with Crippen LogP contribution < -0.4 is 4.74 Å². The lowest BCUT2D eigenvalue weighted by atomic mass is 10.00. The smallest absolute Gasteiger partial charge is 0.377 e. The Balaban J connectivity index is 1.69. The molecule has 0 saturated heterocycles. The molecule has 0 radical (unpaired) electrons. The third-order valence-corrected chi connectivity index (χ3v) is 3.75. The lowest BCUT2D eigenvalue weighted by Crippen LogP contribution is -2.32. The molecule has 0 amide bonds. The van der Waals surface area contributed by atoms with Gasteiger partial charge in [-0.25, -0.2) is 14.5 Å². The van der Waals surface area contributed by atoms with Gasteiger partial charge in [-0.1, -0.05) is 6.07 Å². The van der Waals surface area contributed by atoms with Crippen molar-refractivity contribution < 1.29 is 14.3 Å². The van der Waals surface area contributed by atoms with Crippen LogP contribution in [0.2, 0.25) is 0 Å². The maximum absolute atomic E-state index is 11.4. The summed E-state index contributed by atoms with van der Waals surface area (Å²) >= 11 is 0. The number of methoxy groups -OCH3 is 2. The van der Waals surface area contributed by atoms with Gasteiger partial charge in [0.25, 0.3) is 5.82 Å². The van der Waals surface area contributed by atoms with E-state index in [2.05, 4.69) is 31.9 Å². The molecule has 2 heterocycles. The molecule has 2 aromatic rings. The highest BCUT2D eigenvalue weighted by Crippen LogP contribution is 2.23. The van der Waals surface area contributed by atoms with E-state index in [9.17, 15) is 4.79 Å². The Labute approximate surface area is 128 Å². The van der Waals surface area contributed by atoms with Crippen molar-refractivity contribution in [2.45, 2.75) is 19.6 Å². The van der Waals surface area contributed by atoms with Crippen LogP contribution in [-0.2, 0) is 24.4 Å². The average Bonchev–Trinajstić information content (AvgIpc) is 3.01. The minimum Gasteiger partial charge on any atom is -0.497 e. The summed E-state index contributed by atoms with van der Waals surface area (Å²) in [5, 5.41) is 4.13. The van der Waals surface area contributed by atoms with Crippen LogP contribution in [0.3, 0.4) is 0 Å². The summed E-state index contributed by atoms with van der Waals surface area (Å²) in [6.45, 7) is 2.34. The first-order chi connectivity index (χ1) is 10.7. The maximum atomic E-state index is 11.4. The van der Waals surface area contributed by atoms with E-state index in [-0.39, 0.29) is 5.82 Å². The van der Waals surface area contributed by atoms with Gasteiger partial charge in [-0.05, 0) is 29.7 Å². The summed E-state index contributed by atoms with van der Waals surface area (Å²) in [5.74, 6) is 0.434. The number of aromatic nitrogens is 3. The molecule has 3 rings (SSSR count). The number of nitrogens with zero attached hydrogens (tertiary/aromatic N) is 4. The van der Waals surface area contributed by atoms with Crippen molar-refractivity contribution >= 4 is 5.97 Å². The molecule has 0 unspecified atom stereocenters. The van der Waals surface area contributed by atoms with Crippen molar-refractivity contribution in [2.75, 3.05) is 20.8 Å². The van der Waals surface area contributed by atoms with Crippen LogP contribution in [0.5, 0.6) is 5.75 Å². The monoisotopic (exact) mass is 302 g/mol. The van der Waals surface area contributed by atoms with Gasteiger partial charge in [0, 0.05) is 13.1 Å². The standard InChI is InChI=1S/C15H18N4O3/c1-21-13-4-3-11-5-6-18(8-12(11)7-13)10-19-9-16-14(17-19)15(20)22-2/h3-4,7,9H,5-6,8,10H2,1-2H3. The zero-order valence-electron chi connectivity index (χ0n) is 12.7. The van der Waals surface area contributed by atoms with Gasteiger partial charge in [0.05, 0.1) is 20.9 Å². The molecule has 0 bridgehead atoms. The van der Waals surface area contributed by atoms with Crippen LogP contribution in [-0.4, -0.2) is 46.4 Å². The Bertz CT molecular complexity index is 683. The molecule has 1 aromatic heterocycles. The fourth-order valence-electron chi connectivity index (χ4n) is 2.59. The molecular weight excluding hydrogens is 284 g/mol. The topological polar surface area (TPSA) is 69.5 Å². The van der Waals surface area contributed by atoms with Gasteiger partial charge < -0.3 is 9.47 Å². The number of benzene rings is 1. The first-order valence-corrected chi connectivity index (χ1v) is 7.05. The Morgan fingerprint density at radius 2 is 2.18 bits per heavy atom. The minimum absolute atomic E-state index is 0.0848. The molecule has 0 fully saturated rings. The second kappa shape index (κ2) is 6.15. The Morgan fingerprint density at radius 1 is 1.32 bits per heavy atom. The third-order valence-electron chi connectivity index (χ3n) is 3.75. The molecule has 0 saturated carbocycles. The van der Waals surface area contributed by atoms with Gasteiger partial charge in [0.15, 0.2) is 0 Å². The van der Waals surface area contributed by atoms with Crippen LogP contribution >= 0.6 is 0 Å². The van der Waals surface area contributed by atoms with Crippen molar-refractivity contribution in [3.63, 3.8) is 0 Å². The molecule has 0 aliphatic carbocycles. The van der Waals surface area contributed by atoms with Crippen molar-refractivity contribution in [3.05, 3.63) is 41.5 Å². The number of carbonyl (C=O) groups is 1. The number of rotatable bonds is 4. The van der Waals surface area contributed by atoms with Crippen LogP contribution in [0.15, 0.2) is 24.5 Å². The summed E-state index contributed by atoms with van der Waals surface area (Å²) in [5.41, 5.74) is 2.62. The summed E-state index contributed by atoms with van der Waals surface area (Å²) in [7, 11) is 2.99. The van der Waals surface area contributed by atoms with E-state index in [1.165, 1.54) is 18.2 Å². The number of hydrogen-bond donors (Lipinski definition) is 0. The number of hydrogen-bond acceptors (Lipinski definition) is 6. The fourth-order valence-corrected chi connectivity index (χ4v) is 2.59. The summed E-state index contributed by atoms with van der Waals surface area (Å²) in [4.78, 5) is 17.6. The van der Waals surface area contributed by atoms with E-state index < -0.39 is 5.97 Å². The zero-order chi connectivity index (χ0) is 15.5. The van der Waals surface area contributed by atoms with E-state index in [4.69, 9.17) is 4.74 Å². The molecule has 116 valence electrons. The first kappa shape index (κ1) is 14.5. The van der Waals surface area contributed by atoms with E-state index in [0.717, 1.165) is 25.3 Å². The van der Waals surface area contributed by atoms with Gasteiger partial charge in [0.2, 0.25) is 0 Å². The van der Waals surface area contributed by atoms with Gasteiger partial charge in [-0.3, -0.25) is 4.90 Å². The summed E-state index contributed by atoms with van der Waals surface area (Å²) in [6.07, 6.45) is 2.53. The lowest BCUT2D eigenvalue weighted by Gasteiger charge is -2.28. The molecule has 1 aliphatic rings. The molecule has 7 heteroatoms. The molecule has 0 atom stereocenters. The highest BCUT2D eigenvalue weighted by atomic mass is 16.5. The predicted molar refractivity (Wildman–Crippen MR) is 78.5 cm³/mol. The molecule has 0 spiro atoms. The SMILES string of the molecule is COC(=O)c1ncn(CN2CCc3ccc(OC)cc3C2)n1. The highest BCUT2D eigenvalue weighted by Gasteiger charge is 2.18. The second-order valence-electron chi connectivity index (χ2n) is 5.18. The third kappa shape index (κ3) is 2.94. The van der Waals surface area contributed by atoms with E-state index in [1.807, 2.05) is 6.07 Å². The van der Waals surface area contributed by atoms with Crippen LogP contribution in [0, 0.1) is 0 Å². The number of esters is 1. The molecule has 1 aromatic carbocycles. The first-order valence-electron chi connectivity index (χ1n) is 7.05. The summed E-state index contributed by atoms with van der Waals surface area (Å²) in [6, 6.07) is 6.19. The lowest BCUT2D eigenvalue weighted by molar-refractivity contribution is 0.0585. The van der Waals surface area contributed by atoms with Crippen molar-refractivity contribution in [3.8, 4) is 5.75 Å². The normalized spacial score (nSPS) is 14.5. The fraction of sp³-hybridized carbons (Fsp3) is 0.400. The van der Waals surface area contributed by atoms with Gasteiger partial charge in [-0.15, -0.1) is 5.10 Å². The van der Waals surface area contributed by atoms with Gasteiger partial charge in [-0.2, -0.15) is 0 Å². The highest BCUT2D eigenvalue weighted by molar-refractivity contribution is 5.84.